The van der Waals surface area contributed by atoms with Crippen LogP contribution in [0.4, 0.5) is 13.2 Å². The van der Waals surface area contributed by atoms with Crippen LogP contribution in [0.2, 0.25) is 5.04 Å². The number of allylic oxidation sites excluding steroid dienone is 2. The van der Waals surface area contributed by atoms with Gasteiger partial charge in [-0.05, 0) is 59.3 Å². The summed E-state index contributed by atoms with van der Waals surface area (Å²) in [6.45, 7) is 14.6. The molecule has 0 spiro atoms. The van der Waals surface area contributed by atoms with E-state index in [1.165, 1.54) is 0 Å². The maximum Gasteiger partial charge on any atom is 0.282 e. The second-order valence-corrected chi connectivity index (χ2v) is 19.7. The Balaban J connectivity index is 1.47. The van der Waals surface area contributed by atoms with Gasteiger partial charge in [0.15, 0.2) is 0 Å². The zero-order valence-corrected chi connectivity index (χ0v) is 33.0. The number of likely N-dealkylation sites (tertiary alicyclic amines) is 1. The van der Waals surface area contributed by atoms with Crippen molar-refractivity contribution in [1.29, 1.82) is 10.5 Å². The van der Waals surface area contributed by atoms with E-state index in [-0.39, 0.29) is 35.6 Å². The molecular weight excluding hydrogens is 702 g/mol. The zero-order chi connectivity index (χ0) is 39.1. The summed E-state index contributed by atoms with van der Waals surface area (Å²) in [7, 11) is -3.27. The number of aliphatic imine (C=N–C) groups is 1. The Labute approximate surface area is 319 Å². The van der Waals surface area contributed by atoms with Crippen LogP contribution in [-0.4, -0.2) is 81.8 Å². The lowest BCUT2D eigenvalue weighted by Crippen LogP contribution is -2.67. The third-order valence-electron chi connectivity index (χ3n) is 10.5. The summed E-state index contributed by atoms with van der Waals surface area (Å²) >= 11 is 0. The normalized spacial score (nSPS) is 18.8. The topological polar surface area (TPSA) is 87.7 Å². The number of hydrogen-bond donors (Lipinski definition) is 1. The van der Waals surface area contributed by atoms with Crippen molar-refractivity contribution in [2.75, 3.05) is 39.5 Å². The highest BCUT2D eigenvalue weighted by atomic mass is 28.4. The summed E-state index contributed by atoms with van der Waals surface area (Å²) in [5.41, 5.74) is 2.61. The number of rotatable bonds is 15. The quantitative estimate of drug-likeness (QED) is 0.132. The third kappa shape index (κ3) is 8.72. The molecule has 2 atom stereocenters. The van der Waals surface area contributed by atoms with Gasteiger partial charge >= 0.3 is 0 Å². The van der Waals surface area contributed by atoms with Gasteiger partial charge in [0.1, 0.15) is 12.1 Å². The highest BCUT2D eigenvalue weighted by Crippen LogP contribution is 2.43. The molecule has 1 N–H and O–H groups in total. The van der Waals surface area contributed by atoms with Gasteiger partial charge in [-0.25, -0.2) is 8.78 Å². The van der Waals surface area contributed by atoms with Crippen molar-refractivity contribution in [2.45, 2.75) is 76.5 Å². The number of benzene rings is 3. The predicted octanol–water partition coefficient (Wildman–Crippen LogP) is 7.05. The Kier molecular flexibility index (Phi) is 13.0. The van der Waals surface area contributed by atoms with Crippen LogP contribution < -0.4 is 15.7 Å². The van der Waals surface area contributed by atoms with Gasteiger partial charge in [0.2, 0.25) is 0 Å². The van der Waals surface area contributed by atoms with Gasteiger partial charge in [0.05, 0.1) is 48.7 Å². The van der Waals surface area contributed by atoms with E-state index in [1.807, 2.05) is 80.6 Å². The van der Waals surface area contributed by atoms with Crippen molar-refractivity contribution < 1.29 is 17.6 Å². The average Bonchev–Trinajstić information content (AvgIpc) is 3.14. The fourth-order valence-electron chi connectivity index (χ4n) is 7.90. The molecule has 1 saturated heterocycles. The van der Waals surface area contributed by atoms with Crippen LogP contribution >= 0.6 is 0 Å². The number of alkyl halides is 3. The molecular formula is C43H51F3N6OSi. The predicted molar refractivity (Wildman–Crippen MR) is 212 cm³/mol. The van der Waals surface area contributed by atoms with E-state index in [4.69, 9.17) is 9.42 Å². The van der Waals surface area contributed by atoms with Crippen LogP contribution in [0.25, 0.3) is 0 Å². The molecule has 0 aliphatic carbocycles. The first kappa shape index (κ1) is 40.7. The van der Waals surface area contributed by atoms with Gasteiger partial charge in [-0.3, -0.25) is 19.2 Å². The summed E-state index contributed by atoms with van der Waals surface area (Å²) in [4.78, 5) is 8.56. The van der Waals surface area contributed by atoms with Crippen molar-refractivity contribution in [3.8, 4) is 12.1 Å². The highest BCUT2D eigenvalue weighted by molar-refractivity contribution is 6.99. The Morgan fingerprint density at radius 1 is 1.02 bits per heavy atom. The van der Waals surface area contributed by atoms with E-state index < -0.39 is 38.5 Å². The van der Waals surface area contributed by atoms with Gasteiger partial charge in [0, 0.05) is 37.6 Å². The molecule has 2 heterocycles. The average molecular weight is 753 g/mol. The Hall–Kier alpha value is -4.52. The van der Waals surface area contributed by atoms with Crippen LogP contribution in [0.5, 0.6) is 0 Å². The molecule has 0 unspecified atom stereocenters. The smallest absolute Gasteiger partial charge is 0.282 e. The van der Waals surface area contributed by atoms with Gasteiger partial charge in [-0.2, -0.15) is 10.5 Å². The molecule has 3 aromatic carbocycles. The molecule has 3 aromatic rings. The van der Waals surface area contributed by atoms with E-state index >= 15 is 8.78 Å². The molecule has 54 heavy (non-hydrogen) atoms. The fourth-order valence-corrected chi connectivity index (χ4v) is 12.5. The first-order valence-corrected chi connectivity index (χ1v) is 20.5. The Morgan fingerprint density at radius 2 is 1.65 bits per heavy atom. The second-order valence-electron chi connectivity index (χ2n) is 15.4. The van der Waals surface area contributed by atoms with Gasteiger partial charge in [-0.15, -0.1) is 0 Å². The lowest BCUT2D eigenvalue weighted by molar-refractivity contribution is -0.0822. The van der Waals surface area contributed by atoms with Crippen molar-refractivity contribution in [2.24, 2.45) is 4.99 Å². The maximum absolute atomic E-state index is 16.8. The molecule has 2 aliphatic rings. The molecule has 284 valence electrons. The molecule has 0 radical (unpaired) electrons. The first-order chi connectivity index (χ1) is 25.8. The van der Waals surface area contributed by atoms with Crippen molar-refractivity contribution >= 4 is 24.9 Å². The first-order valence-electron chi connectivity index (χ1n) is 18.6. The van der Waals surface area contributed by atoms with Crippen molar-refractivity contribution in [3.63, 3.8) is 0 Å². The Bertz CT molecular complexity index is 1870. The summed E-state index contributed by atoms with van der Waals surface area (Å²) < 4.78 is 52.9. The number of nitriles is 2. The van der Waals surface area contributed by atoms with Crippen molar-refractivity contribution in [1.82, 2.24) is 15.1 Å². The summed E-state index contributed by atoms with van der Waals surface area (Å²) in [5.74, 6) is -3.32. The number of fused-ring (bicyclic) bond motifs is 1. The van der Waals surface area contributed by atoms with Crippen LogP contribution in [0.3, 0.4) is 0 Å². The lowest BCUT2D eigenvalue weighted by Gasteiger charge is -2.45. The molecule has 1 fully saturated rings. The highest BCUT2D eigenvalue weighted by Gasteiger charge is 2.52. The fraction of sp³-hybridized carbons (Fsp3) is 0.419. The number of nitrogens with one attached hydrogen (secondary N) is 1. The summed E-state index contributed by atoms with van der Waals surface area (Å²) in [5, 5.41) is 25.0. The van der Waals surface area contributed by atoms with E-state index in [0.29, 0.717) is 24.9 Å². The minimum atomic E-state index is -3.32. The van der Waals surface area contributed by atoms with Gasteiger partial charge in [0.25, 0.3) is 14.2 Å². The monoisotopic (exact) mass is 752 g/mol. The largest absolute Gasteiger partial charge is 0.401 e. The SMILES string of the molecule is C=C(/N=C\C(=C/C)NC1CN(CCCF)C1)[C@@H]1c2c(ccc(C#N)c2C#N)C[C@@H](C)N1CC(F)(F)CO[Si](c1ccccc1)(c1ccccc1)C(C)(C)C. The zero-order valence-electron chi connectivity index (χ0n) is 32.0. The molecule has 0 saturated carbocycles. The second kappa shape index (κ2) is 17.3. The minimum Gasteiger partial charge on any atom is -0.401 e. The molecule has 0 aromatic heterocycles. The molecule has 5 rings (SSSR count). The van der Waals surface area contributed by atoms with E-state index in [0.717, 1.165) is 34.7 Å². The molecule has 11 heteroatoms. The van der Waals surface area contributed by atoms with Crippen LogP contribution in [0, 0.1) is 22.7 Å². The molecule has 2 aliphatic heterocycles. The molecule has 7 nitrogen and oxygen atoms in total. The van der Waals surface area contributed by atoms with Crippen molar-refractivity contribution in [3.05, 3.63) is 119 Å². The number of nitrogens with zero attached hydrogens (tertiary/aromatic N) is 5. The minimum absolute atomic E-state index is 0.146. The summed E-state index contributed by atoms with van der Waals surface area (Å²) in [6.07, 6.45) is 4.41. The van der Waals surface area contributed by atoms with Crippen LogP contribution in [-0.2, 0) is 10.8 Å². The van der Waals surface area contributed by atoms with E-state index in [1.54, 1.807) is 23.2 Å². The lowest BCUT2D eigenvalue weighted by atomic mass is 9.82. The standard InChI is InChI=1S/C43H51F3N6OSi/c1-7-35(50-36-27-51(28-36)22-14-21-44)26-49-32(3)41-40-33(19-20-34(24-47)39(40)25-48)23-31(2)52(41)29-43(45,46)30-53-54(42(4,5)6,37-15-10-8-11-16-37)38-17-12-9-13-18-38/h7-13,15-20,26,31,36,41,50H,3,14,21-23,27-30H2,1-2,4-6H3/b35-7+,49-26-/t31-,41-/m1/s1. The number of hydrogen-bond acceptors (Lipinski definition) is 7. The van der Waals surface area contributed by atoms with Crippen LogP contribution in [0.1, 0.15) is 69.3 Å². The van der Waals surface area contributed by atoms with Gasteiger partial charge in [-0.1, -0.05) is 100 Å². The van der Waals surface area contributed by atoms with E-state index in [9.17, 15) is 14.9 Å². The van der Waals surface area contributed by atoms with E-state index in [2.05, 4.69) is 49.7 Å². The molecule has 0 amide bonds. The maximum atomic E-state index is 16.8. The third-order valence-corrected chi connectivity index (χ3v) is 15.5. The van der Waals surface area contributed by atoms with Crippen LogP contribution in [0.15, 0.2) is 102 Å². The Morgan fingerprint density at radius 3 is 2.19 bits per heavy atom. The van der Waals surface area contributed by atoms with Gasteiger partial charge < -0.3 is 9.74 Å². The molecule has 0 bridgehead atoms. The number of halogens is 3. The summed E-state index contributed by atoms with van der Waals surface area (Å²) in [6, 6.07) is 26.0.